The van der Waals surface area contributed by atoms with Gasteiger partial charge >= 0.3 is 0 Å². The van der Waals surface area contributed by atoms with Gasteiger partial charge in [-0.1, -0.05) is 0 Å². The van der Waals surface area contributed by atoms with Crippen LogP contribution in [0.25, 0.3) is 0 Å². The number of pyridine rings is 1. The minimum atomic E-state index is -0.137. The second kappa shape index (κ2) is 6.23. The average molecular weight is 279 g/mol. The molecule has 1 aliphatic heterocycles. The third kappa shape index (κ3) is 2.98. The Morgan fingerprint density at radius 1 is 1.35 bits per heavy atom. The van der Waals surface area contributed by atoms with Gasteiger partial charge in [0.25, 0.3) is 0 Å². The lowest BCUT2D eigenvalue weighted by Gasteiger charge is -2.21. The van der Waals surface area contributed by atoms with E-state index in [1.807, 2.05) is 0 Å². The number of aromatic nitrogens is 1. The van der Waals surface area contributed by atoms with E-state index in [-0.39, 0.29) is 31.3 Å². The van der Waals surface area contributed by atoms with Crippen LogP contribution in [0, 0.1) is 0 Å². The largest absolute Gasteiger partial charge is 0.493 e. The second-order valence-electron chi connectivity index (χ2n) is 4.34. The van der Waals surface area contributed by atoms with E-state index in [9.17, 15) is 9.59 Å². The zero-order valence-electron chi connectivity index (χ0n) is 11.5. The molecule has 0 bridgehead atoms. The van der Waals surface area contributed by atoms with Gasteiger partial charge in [0.2, 0.25) is 11.8 Å². The maximum absolute atomic E-state index is 11.9. The molecule has 1 N–H and O–H groups in total. The number of hydrogen-bond donors (Lipinski definition) is 1. The highest BCUT2D eigenvalue weighted by atomic mass is 16.5. The zero-order valence-corrected chi connectivity index (χ0v) is 11.5. The molecule has 0 radical (unpaired) electrons. The summed E-state index contributed by atoms with van der Waals surface area (Å²) >= 11 is 0. The van der Waals surface area contributed by atoms with Gasteiger partial charge in [-0.05, 0) is 0 Å². The maximum atomic E-state index is 11.9. The van der Waals surface area contributed by atoms with E-state index in [0.717, 1.165) is 0 Å². The molecule has 0 aliphatic carbocycles. The lowest BCUT2D eigenvalue weighted by atomic mass is 10.2. The van der Waals surface area contributed by atoms with Gasteiger partial charge in [0.05, 0.1) is 27.3 Å². The van der Waals surface area contributed by atoms with Gasteiger partial charge in [-0.15, -0.1) is 0 Å². The van der Waals surface area contributed by atoms with Crippen LogP contribution in [0.15, 0.2) is 12.3 Å². The van der Waals surface area contributed by atoms with Crippen molar-refractivity contribution in [1.29, 1.82) is 0 Å². The first kappa shape index (κ1) is 14.1. The fourth-order valence-electron chi connectivity index (χ4n) is 2.05. The summed E-state index contributed by atoms with van der Waals surface area (Å²) in [6, 6.07) is 1.69. The third-order valence-corrected chi connectivity index (χ3v) is 3.11. The Bertz CT molecular complexity index is 518. The van der Waals surface area contributed by atoms with Crippen LogP contribution in [0.3, 0.4) is 0 Å². The lowest BCUT2D eigenvalue weighted by molar-refractivity contribution is -0.130. The molecular weight excluding hydrogens is 262 g/mol. The van der Waals surface area contributed by atoms with Gasteiger partial charge in [0.15, 0.2) is 11.5 Å². The summed E-state index contributed by atoms with van der Waals surface area (Å²) in [6.45, 7) is 0.673. The van der Waals surface area contributed by atoms with Crippen molar-refractivity contribution in [3.8, 4) is 11.5 Å². The monoisotopic (exact) mass is 279 g/mol. The van der Waals surface area contributed by atoms with Crippen molar-refractivity contribution >= 4 is 11.8 Å². The summed E-state index contributed by atoms with van der Waals surface area (Å²) in [5.41, 5.74) is 0.606. The van der Waals surface area contributed by atoms with Crippen LogP contribution in [0.4, 0.5) is 0 Å². The Balaban J connectivity index is 2.20. The predicted octanol–water partition coefficient (Wildman–Crippen LogP) is -0.0527. The molecular formula is C13H17N3O4. The van der Waals surface area contributed by atoms with Crippen molar-refractivity contribution in [2.75, 3.05) is 27.3 Å². The molecule has 1 fully saturated rings. The molecule has 1 aliphatic rings. The number of hydrogen-bond acceptors (Lipinski definition) is 5. The fourth-order valence-corrected chi connectivity index (χ4v) is 2.05. The lowest BCUT2D eigenvalue weighted by Crippen LogP contribution is -2.35. The molecule has 20 heavy (non-hydrogen) atoms. The Labute approximate surface area is 116 Å². The summed E-state index contributed by atoms with van der Waals surface area (Å²) in [4.78, 5) is 29.0. The SMILES string of the molecule is COc1ccnc(CN2CCC(=O)NCC2=O)c1OC. The molecule has 1 aromatic rings. The van der Waals surface area contributed by atoms with Gasteiger partial charge in [0.1, 0.15) is 5.69 Å². The van der Waals surface area contributed by atoms with Crippen molar-refractivity contribution in [1.82, 2.24) is 15.2 Å². The number of methoxy groups -OCH3 is 2. The quantitative estimate of drug-likeness (QED) is 0.835. The smallest absolute Gasteiger partial charge is 0.242 e. The number of carbonyl (C=O) groups excluding carboxylic acids is 2. The van der Waals surface area contributed by atoms with E-state index in [4.69, 9.17) is 9.47 Å². The summed E-state index contributed by atoms with van der Waals surface area (Å²) in [7, 11) is 3.07. The van der Waals surface area contributed by atoms with Crippen molar-refractivity contribution in [2.24, 2.45) is 0 Å². The first-order valence-electron chi connectivity index (χ1n) is 6.26. The summed E-state index contributed by atoms with van der Waals surface area (Å²) in [6.07, 6.45) is 1.89. The number of nitrogens with zero attached hydrogens (tertiary/aromatic N) is 2. The van der Waals surface area contributed by atoms with Gasteiger partial charge in [-0.25, -0.2) is 0 Å². The van der Waals surface area contributed by atoms with Crippen molar-refractivity contribution < 1.29 is 19.1 Å². The molecule has 2 heterocycles. The van der Waals surface area contributed by atoms with Crippen LogP contribution in [0.5, 0.6) is 11.5 Å². The predicted molar refractivity (Wildman–Crippen MR) is 70.4 cm³/mol. The molecule has 0 aromatic carbocycles. The summed E-state index contributed by atoms with van der Waals surface area (Å²) in [5.74, 6) is 0.814. The second-order valence-corrected chi connectivity index (χ2v) is 4.34. The molecule has 2 rings (SSSR count). The minimum Gasteiger partial charge on any atom is -0.493 e. The van der Waals surface area contributed by atoms with E-state index in [1.54, 1.807) is 24.3 Å². The summed E-state index contributed by atoms with van der Waals surface area (Å²) < 4.78 is 10.5. The zero-order chi connectivity index (χ0) is 14.5. The molecule has 7 nitrogen and oxygen atoms in total. The highest BCUT2D eigenvalue weighted by Crippen LogP contribution is 2.29. The van der Waals surface area contributed by atoms with Gasteiger partial charge in [-0.3, -0.25) is 14.6 Å². The number of rotatable bonds is 4. The van der Waals surface area contributed by atoms with Crippen LogP contribution in [0.1, 0.15) is 12.1 Å². The maximum Gasteiger partial charge on any atom is 0.242 e. The van der Waals surface area contributed by atoms with Crippen LogP contribution in [-0.4, -0.2) is 49.0 Å². The number of ether oxygens (including phenoxy) is 2. The van der Waals surface area contributed by atoms with E-state index in [1.165, 1.54) is 7.11 Å². The Morgan fingerprint density at radius 3 is 2.85 bits per heavy atom. The molecule has 0 unspecified atom stereocenters. The van der Waals surface area contributed by atoms with Crippen molar-refractivity contribution in [2.45, 2.75) is 13.0 Å². The molecule has 0 atom stereocenters. The van der Waals surface area contributed by atoms with E-state index >= 15 is 0 Å². The van der Waals surface area contributed by atoms with E-state index in [0.29, 0.717) is 23.7 Å². The number of carbonyl (C=O) groups is 2. The van der Waals surface area contributed by atoms with Crippen LogP contribution >= 0.6 is 0 Å². The Morgan fingerprint density at radius 2 is 2.15 bits per heavy atom. The van der Waals surface area contributed by atoms with Gasteiger partial charge in [0, 0.05) is 25.2 Å². The molecule has 0 saturated carbocycles. The molecule has 108 valence electrons. The molecule has 2 amide bonds. The average Bonchev–Trinajstić information content (AvgIpc) is 2.62. The Hall–Kier alpha value is -2.31. The van der Waals surface area contributed by atoms with Crippen molar-refractivity contribution in [3.63, 3.8) is 0 Å². The minimum absolute atomic E-state index is 0.0190. The molecule has 1 saturated heterocycles. The topological polar surface area (TPSA) is 80.8 Å². The molecule has 7 heteroatoms. The van der Waals surface area contributed by atoms with Crippen LogP contribution in [0.2, 0.25) is 0 Å². The highest BCUT2D eigenvalue weighted by Gasteiger charge is 2.22. The van der Waals surface area contributed by atoms with E-state index < -0.39 is 0 Å². The number of nitrogens with one attached hydrogen (secondary N) is 1. The fraction of sp³-hybridized carbons (Fsp3) is 0.462. The number of amides is 2. The van der Waals surface area contributed by atoms with Crippen molar-refractivity contribution in [3.05, 3.63) is 18.0 Å². The van der Waals surface area contributed by atoms with Gasteiger partial charge in [-0.2, -0.15) is 0 Å². The summed E-state index contributed by atoms with van der Waals surface area (Å²) in [5, 5.41) is 2.55. The first-order chi connectivity index (χ1) is 9.65. The van der Waals surface area contributed by atoms with E-state index in [2.05, 4.69) is 10.3 Å². The van der Waals surface area contributed by atoms with Crippen LogP contribution < -0.4 is 14.8 Å². The third-order valence-electron chi connectivity index (χ3n) is 3.11. The van der Waals surface area contributed by atoms with Gasteiger partial charge < -0.3 is 19.7 Å². The Kier molecular flexibility index (Phi) is 4.39. The van der Waals surface area contributed by atoms with Crippen LogP contribution in [-0.2, 0) is 16.1 Å². The standard InChI is InChI=1S/C13H17N3O4/c1-19-10-3-5-14-9(13(10)20-2)8-16-6-4-11(17)15-7-12(16)18/h3,5H,4,6-8H2,1-2H3,(H,15,17). The molecule has 0 spiro atoms. The molecule has 1 aromatic heterocycles. The highest BCUT2D eigenvalue weighted by molar-refractivity contribution is 5.87. The normalized spacial score (nSPS) is 15.6. The first-order valence-corrected chi connectivity index (χ1v) is 6.26.